The molecule has 0 aromatic heterocycles. The second-order valence-corrected chi connectivity index (χ2v) is 2.49. The molecule has 0 saturated heterocycles. The number of carbonyl (C=O) groups excluding carboxylic acids is 1. The highest BCUT2D eigenvalue weighted by Crippen LogP contribution is 2.06. The first-order chi connectivity index (χ1) is 4.63. The van der Waals surface area contributed by atoms with Crippen LogP contribution in [0.15, 0.2) is 9.28 Å². The fourth-order valence-corrected chi connectivity index (χ4v) is 0.639. The molecule has 2 N–H and O–H groups in total. The van der Waals surface area contributed by atoms with Crippen LogP contribution in [-0.4, -0.2) is 13.1 Å². The lowest BCUT2D eigenvalue weighted by Gasteiger charge is -1.95. The highest BCUT2D eigenvalue weighted by atomic mass is 127. The minimum Gasteiger partial charge on any atom is -0.465 e. The van der Waals surface area contributed by atoms with E-state index in [2.05, 4.69) is 4.74 Å². The van der Waals surface area contributed by atoms with E-state index in [0.29, 0.717) is 0 Å². The van der Waals surface area contributed by atoms with E-state index in [1.54, 1.807) is 28.7 Å². The van der Waals surface area contributed by atoms with E-state index < -0.39 is 5.97 Å². The van der Waals surface area contributed by atoms with Gasteiger partial charge >= 0.3 is 5.97 Å². The van der Waals surface area contributed by atoms with Gasteiger partial charge < -0.3 is 10.5 Å². The molecule has 0 aliphatic rings. The number of carbonyl (C=O) groups is 1. The molecule has 0 radical (unpaired) electrons. The van der Waals surface area contributed by atoms with Crippen LogP contribution in [0.5, 0.6) is 0 Å². The normalized spacial score (nSPS) is 11.3. The first-order valence-electron chi connectivity index (χ1n) is 2.27. The fraction of sp³-hybridized carbons (Fsp3) is 0.200. The highest BCUT2D eigenvalue weighted by molar-refractivity contribution is 14.1. The third kappa shape index (κ3) is 2.23. The van der Waals surface area contributed by atoms with Gasteiger partial charge in [0, 0.05) is 0 Å². The average Bonchev–Trinajstić information content (AvgIpc) is 1.88. The molecule has 0 amide bonds. The minimum absolute atomic E-state index is 0.145. The Balaban J connectivity index is 4.59. The maximum Gasteiger partial charge on any atom is 0.351 e. The molecular formula is C5H5IN2O2. The molecule has 0 saturated carbocycles. The Morgan fingerprint density at radius 2 is 2.30 bits per heavy atom. The molecule has 0 aromatic rings. The van der Waals surface area contributed by atoms with Crippen molar-refractivity contribution in [3.8, 4) is 6.07 Å². The smallest absolute Gasteiger partial charge is 0.351 e. The molecule has 0 heterocycles. The van der Waals surface area contributed by atoms with E-state index in [1.807, 2.05) is 0 Å². The second-order valence-electron chi connectivity index (χ2n) is 1.33. The van der Waals surface area contributed by atoms with Crippen molar-refractivity contribution in [3.63, 3.8) is 0 Å². The zero-order valence-corrected chi connectivity index (χ0v) is 7.38. The Morgan fingerprint density at radius 3 is 2.40 bits per heavy atom. The number of halogens is 1. The number of esters is 1. The van der Waals surface area contributed by atoms with Crippen LogP contribution in [0.4, 0.5) is 0 Å². The van der Waals surface area contributed by atoms with Crippen molar-refractivity contribution in [1.29, 1.82) is 5.26 Å². The Kier molecular flexibility index (Phi) is 3.79. The molecule has 0 aliphatic carbocycles. The van der Waals surface area contributed by atoms with Crippen molar-refractivity contribution in [2.75, 3.05) is 7.11 Å². The minimum atomic E-state index is -0.700. The number of hydrogen-bond acceptors (Lipinski definition) is 4. The maximum atomic E-state index is 10.6. The van der Waals surface area contributed by atoms with Crippen molar-refractivity contribution in [1.82, 2.24) is 0 Å². The van der Waals surface area contributed by atoms with Crippen molar-refractivity contribution in [3.05, 3.63) is 9.28 Å². The molecule has 0 atom stereocenters. The highest BCUT2D eigenvalue weighted by Gasteiger charge is 2.10. The molecule has 0 fully saturated rings. The number of methoxy groups -OCH3 is 1. The predicted molar refractivity (Wildman–Crippen MR) is 42.9 cm³/mol. The van der Waals surface area contributed by atoms with Crippen molar-refractivity contribution >= 4 is 28.6 Å². The summed E-state index contributed by atoms with van der Waals surface area (Å²) in [6.45, 7) is 0. The molecule has 0 aliphatic heterocycles. The zero-order chi connectivity index (χ0) is 8.15. The predicted octanol–water partition coefficient (Wildman–Crippen LogP) is 0.288. The molecule has 0 aromatic carbocycles. The van der Waals surface area contributed by atoms with Crippen molar-refractivity contribution < 1.29 is 9.53 Å². The van der Waals surface area contributed by atoms with Crippen LogP contribution < -0.4 is 5.73 Å². The summed E-state index contributed by atoms with van der Waals surface area (Å²) in [4.78, 5) is 10.6. The molecule has 0 rings (SSSR count). The molecular weight excluding hydrogens is 247 g/mol. The van der Waals surface area contributed by atoms with Crippen molar-refractivity contribution in [2.45, 2.75) is 0 Å². The van der Waals surface area contributed by atoms with Gasteiger partial charge in [-0.15, -0.1) is 0 Å². The van der Waals surface area contributed by atoms with Crippen LogP contribution in [0.3, 0.4) is 0 Å². The Morgan fingerprint density at radius 1 is 1.80 bits per heavy atom. The van der Waals surface area contributed by atoms with E-state index in [1.165, 1.54) is 7.11 Å². The molecule has 54 valence electrons. The monoisotopic (exact) mass is 252 g/mol. The van der Waals surface area contributed by atoms with Crippen LogP contribution >= 0.6 is 22.6 Å². The first kappa shape index (κ1) is 9.23. The Labute approximate surface area is 71.8 Å². The van der Waals surface area contributed by atoms with Gasteiger partial charge in [0.1, 0.15) is 6.07 Å². The number of nitriles is 1. The fourth-order valence-electron chi connectivity index (χ4n) is 0.299. The SMILES string of the molecule is COC(=O)/C(C#N)=C(/N)I. The van der Waals surface area contributed by atoms with Gasteiger partial charge in [-0.3, -0.25) is 0 Å². The van der Waals surface area contributed by atoms with E-state index in [0.717, 1.165) is 0 Å². The summed E-state index contributed by atoms with van der Waals surface area (Å²) < 4.78 is 4.41. The van der Waals surface area contributed by atoms with Crippen LogP contribution in [0.25, 0.3) is 0 Å². The van der Waals surface area contributed by atoms with Gasteiger partial charge in [0.2, 0.25) is 0 Å². The maximum absolute atomic E-state index is 10.6. The summed E-state index contributed by atoms with van der Waals surface area (Å²) in [5.41, 5.74) is 5.02. The number of rotatable bonds is 1. The lowest BCUT2D eigenvalue weighted by molar-refractivity contribution is -0.135. The number of ether oxygens (including phenoxy) is 1. The Bertz CT molecular complexity index is 212. The first-order valence-corrected chi connectivity index (χ1v) is 3.35. The van der Waals surface area contributed by atoms with Crippen LogP contribution in [-0.2, 0) is 9.53 Å². The molecule has 0 bridgehead atoms. The van der Waals surface area contributed by atoms with E-state index >= 15 is 0 Å². The largest absolute Gasteiger partial charge is 0.465 e. The summed E-state index contributed by atoms with van der Waals surface area (Å²) in [6.07, 6.45) is 0. The van der Waals surface area contributed by atoms with Crippen molar-refractivity contribution in [2.24, 2.45) is 5.73 Å². The lowest BCUT2D eigenvalue weighted by atomic mass is 10.3. The summed E-state index contributed by atoms with van der Waals surface area (Å²) >= 11 is 1.68. The van der Waals surface area contributed by atoms with E-state index in [9.17, 15) is 4.79 Å². The van der Waals surface area contributed by atoms with E-state index in [4.69, 9.17) is 11.0 Å². The second kappa shape index (κ2) is 4.11. The summed E-state index contributed by atoms with van der Waals surface area (Å²) in [5.74, 6) is -0.700. The van der Waals surface area contributed by atoms with Crippen LogP contribution in [0.1, 0.15) is 0 Å². The third-order valence-electron chi connectivity index (χ3n) is 0.740. The summed E-state index contributed by atoms with van der Waals surface area (Å²) in [7, 11) is 1.19. The van der Waals surface area contributed by atoms with Gasteiger partial charge in [0.15, 0.2) is 5.57 Å². The average molecular weight is 252 g/mol. The van der Waals surface area contributed by atoms with Crippen LogP contribution in [0, 0.1) is 11.3 Å². The van der Waals surface area contributed by atoms with Gasteiger partial charge in [-0.25, -0.2) is 4.79 Å². The van der Waals surface area contributed by atoms with Gasteiger partial charge in [0.25, 0.3) is 0 Å². The van der Waals surface area contributed by atoms with Gasteiger partial charge in [-0.2, -0.15) is 5.26 Å². The molecule has 0 unspecified atom stereocenters. The molecule has 5 heteroatoms. The Hall–Kier alpha value is -0.770. The standard InChI is InChI=1S/C5H5IN2O2/c1-10-5(9)3(2-7)4(6)8/h8H2,1H3/b4-3+. The van der Waals surface area contributed by atoms with Gasteiger partial charge in [0.05, 0.1) is 10.8 Å². The van der Waals surface area contributed by atoms with Gasteiger partial charge in [-0.1, -0.05) is 0 Å². The van der Waals surface area contributed by atoms with Crippen LogP contribution in [0.2, 0.25) is 0 Å². The number of nitrogens with two attached hydrogens (primary N) is 1. The van der Waals surface area contributed by atoms with Gasteiger partial charge in [-0.05, 0) is 22.6 Å². The molecule has 0 spiro atoms. The summed E-state index contributed by atoms with van der Waals surface area (Å²) in [6, 6.07) is 1.62. The topological polar surface area (TPSA) is 76.1 Å². The number of hydrogen-bond donors (Lipinski definition) is 1. The quantitative estimate of drug-likeness (QED) is 0.239. The zero-order valence-electron chi connectivity index (χ0n) is 5.22. The lowest BCUT2D eigenvalue weighted by Crippen LogP contribution is -2.07. The third-order valence-corrected chi connectivity index (χ3v) is 1.28. The van der Waals surface area contributed by atoms with E-state index in [-0.39, 0.29) is 9.28 Å². The summed E-state index contributed by atoms with van der Waals surface area (Å²) in [5, 5.41) is 8.30. The number of nitrogens with zero attached hydrogens (tertiary/aromatic N) is 1. The molecule has 4 nitrogen and oxygen atoms in total. The molecule has 10 heavy (non-hydrogen) atoms.